The molecule has 0 radical (unpaired) electrons. The van der Waals surface area contributed by atoms with Crippen molar-refractivity contribution in [2.45, 2.75) is 4.43 Å². The van der Waals surface area contributed by atoms with Crippen LogP contribution in [0.5, 0.6) is 0 Å². The number of carbonyl (C=O) groups is 1. The van der Waals surface area contributed by atoms with E-state index in [4.69, 9.17) is 9.90 Å². The van der Waals surface area contributed by atoms with Gasteiger partial charge in [-0.3, -0.25) is 0 Å². The second kappa shape index (κ2) is 25.9. The molecule has 2 nitrogen and oxygen atoms in total. The van der Waals surface area contributed by atoms with Crippen LogP contribution in [0.3, 0.4) is 0 Å². The Morgan fingerprint density at radius 1 is 1.80 bits per heavy atom. The fourth-order valence-corrected chi connectivity index (χ4v) is 0. The average molecular weight is 261 g/mol. The molecule has 5 heavy (non-hydrogen) atoms. The molecule has 26 valence electrons. The number of carboxylic acid groups (broad SMARTS) is 1. The van der Waals surface area contributed by atoms with Gasteiger partial charge in [0, 0.05) is 6.47 Å². The Bertz CT molecular complexity index is 15.1. The van der Waals surface area contributed by atoms with Crippen LogP contribution in [0.25, 0.3) is 0 Å². The van der Waals surface area contributed by atoms with E-state index in [1.165, 1.54) is 0 Å². The first-order valence-corrected chi connectivity index (χ1v) is 6.68. The number of rotatable bonds is 0. The van der Waals surface area contributed by atoms with Crippen molar-refractivity contribution in [1.82, 2.24) is 0 Å². The molecule has 0 spiro atoms. The molecule has 0 aromatic rings. The predicted molar refractivity (Wildman–Crippen MR) is 11.9 cm³/mol. The zero-order valence-electron chi connectivity index (χ0n) is 3.10. The van der Waals surface area contributed by atoms with Crippen LogP contribution in [0.15, 0.2) is 0 Å². The van der Waals surface area contributed by atoms with Crippen molar-refractivity contribution in [1.29, 1.82) is 0 Å². The third-order valence-corrected chi connectivity index (χ3v) is 0. The molecule has 0 bridgehead atoms. The SMILES string of the molecule is O=C[O-].[CH3][Hg+]. The van der Waals surface area contributed by atoms with Gasteiger partial charge in [0.15, 0.2) is 0 Å². The summed E-state index contributed by atoms with van der Waals surface area (Å²) in [5, 5.41) is 8.25. The van der Waals surface area contributed by atoms with Gasteiger partial charge in [-0.25, -0.2) is 0 Å². The van der Waals surface area contributed by atoms with E-state index in [-0.39, 0.29) is 0 Å². The van der Waals surface area contributed by atoms with Crippen molar-refractivity contribution in [3.8, 4) is 0 Å². The Labute approximate surface area is 47.2 Å². The van der Waals surface area contributed by atoms with Gasteiger partial charge in [0.25, 0.3) is 0 Å². The molecule has 0 heterocycles. The summed E-state index contributed by atoms with van der Waals surface area (Å²) < 4.78 is 2.19. The molecule has 0 saturated carbocycles. The topological polar surface area (TPSA) is 40.1 Å². The maximum absolute atomic E-state index is 8.25. The first-order valence-electron chi connectivity index (χ1n) is 1.18. The van der Waals surface area contributed by atoms with E-state index in [1.807, 2.05) is 0 Å². The van der Waals surface area contributed by atoms with E-state index in [2.05, 4.69) is 4.43 Å². The van der Waals surface area contributed by atoms with Crippen LogP contribution in [0.2, 0.25) is 4.43 Å². The number of hydrogen-bond acceptors (Lipinski definition) is 2. The van der Waals surface area contributed by atoms with Gasteiger partial charge >= 0.3 is 30.6 Å². The molecule has 0 fully saturated rings. The summed E-state index contributed by atoms with van der Waals surface area (Å²) in [7, 11) is 0. The third-order valence-electron chi connectivity index (χ3n) is 0. The van der Waals surface area contributed by atoms with Crippen molar-refractivity contribution in [2.24, 2.45) is 0 Å². The van der Waals surface area contributed by atoms with Gasteiger partial charge in [-0.15, -0.1) is 0 Å². The first kappa shape index (κ1) is 9.05. The van der Waals surface area contributed by atoms with Gasteiger partial charge in [0.1, 0.15) is 0 Å². The van der Waals surface area contributed by atoms with Crippen molar-refractivity contribution in [3.63, 3.8) is 0 Å². The molecule has 0 rings (SSSR count). The Morgan fingerprint density at radius 2 is 1.80 bits per heavy atom. The van der Waals surface area contributed by atoms with E-state index in [0.29, 0.717) is 0 Å². The minimum atomic E-state index is -0.500. The van der Waals surface area contributed by atoms with Gasteiger partial charge in [0.05, 0.1) is 0 Å². The van der Waals surface area contributed by atoms with Gasteiger partial charge in [-0.2, -0.15) is 0 Å². The molecule has 0 amide bonds. The summed E-state index contributed by atoms with van der Waals surface area (Å²) in [5.74, 6) is 0. The van der Waals surface area contributed by atoms with Crippen molar-refractivity contribution < 1.29 is 36.0 Å². The summed E-state index contributed by atoms with van der Waals surface area (Å²) in [6.45, 7) is -0.500. The summed E-state index contributed by atoms with van der Waals surface area (Å²) in [4.78, 5) is 8.25. The molecular formula is C2H4HgO2. The molecule has 0 aliphatic rings. The zero-order chi connectivity index (χ0) is 4.71. The molecule has 0 aromatic carbocycles. The van der Waals surface area contributed by atoms with Crippen molar-refractivity contribution in [2.75, 3.05) is 0 Å². The van der Waals surface area contributed by atoms with Gasteiger partial charge in [-0.05, 0) is 0 Å². The van der Waals surface area contributed by atoms with E-state index >= 15 is 0 Å². The van der Waals surface area contributed by atoms with E-state index in [0.717, 1.165) is 26.1 Å². The van der Waals surface area contributed by atoms with Gasteiger partial charge in [-0.1, -0.05) is 0 Å². The molecule has 0 aliphatic heterocycles. The summed E-state index contributed by atoms with van der Waals surface area (Å²) in [6.07, 6.45) is 0. The van der Waals surface area contributed by atoms with E-state index < -0.39 is 6.47 Å². The Morgan fingerprint density at radius 3 is 1.80 bits per heavy atom. The zero-order valence-corrected chi connectivity index (χ0v) is 8.60. The maximum atomic E-state index is 8.25. The Kier molecular flexibility index (Phi) is 46.8. The van der Waals surface area contributed by atoms with Crippen LogP contribution in [-0.4, -0.2) is 6.47 Å². The minimum absolute atomic E-state index is 0.500. The first-order chi connectivity index (χ1) is 2.41. The van der Waals surface area contributed by atoms with Crippen molar-refractivity contribution >= 4 is 6.47 Å². The predicted octanol–water partition coefficient (Wildman–Crippen LogP) is -1.05. The summed E-state index contributed by atoms with van der Waals surface area (Å²) in [6, 6.07) is 0. The van der Waals surface area contributed by atoms with Crippen LogP contribution in [0.4, 0.5) is 0 Å². The van der Waals surface area contributed by atoms with Crippen LogP contribution in [0.1, 0.15) is 0 Å². The quantitative estimate of drug-likeness (QED) is 0.412. The standard InChI is InChI=1S/CH2O2.CH3.Hg/c2-1-3;;/h1H,(H,2,3);1H3;/q;;+1/p-1. The van der Waals surface area contributed by atoms with Crippen LogP contribution >= 0.6 is 0 Å². The molecule has 3 heteroatoms. The van der Waals surface area contributed by atoms with E-state index in [1.54, 1.807) is 0 Å². The van der Waals surface area contributed by atoms with Crippen LogP contribution in [0, 0.1) is 0 Å². The van der Waals surface area contributed by atoms with Gasteiger partial charge in [0.2, 0.25) is 0 Å². The van der Waals surface area contributed by atoms with Crippen molar-refractivity contribution in [3.05, 3.63) is 0 Å². The Balaban J connectivity index is 0. The van der Waals surface area contributed by atoms with Crippen LogP contribution in [-0.2, 0) is 30.9 Å². The fraction of sp³-hybridized carbons (Fsp3) is 0.500. The number of hydrogen-bond donors (Lipinski definition) is 0. The normalized spacial score (nSPS) is 3.80. The third kappa shape index (κ3) is 155. The second-order valence-corrected chi connectivity index (χ2v) is 0.0962. The summed E-state index contributed by atoms with van der Waals surface area (Å²) in [5.41, 5.74) is 0. The summed E-state index contributed by atoms with van der Waals surface area (Å²) >= 11 is 1.03. The molecule has 0 atom stereocenters. The van der Waals surface area contributed by atoms with E-state index in [9.17, 15) is 0 Å². The molecular weight excluding hydrogens is 257 g/mol. The molecule has 0 aromatic heterocycles. The molecule has 0 unspecified atom stereocenters. The second-order valence-electron chi connectivity index (χ2n) is 0.0962. The molecule has 0 N–H and O–H groups in total. The molecule has 0 saturated heterocycles. The fourth-order valence-electron chi connectivity index (χ4n) is 0. The Hall–Kier alpha value is 0.405. The van der Waals surface area contributed by atoms with Gasteiger partial charge < -0.3 is 9.90 Å². The molecule has 0 aliphatic carbocycles. The number of carbonyl (C=O) groups excluding carboxylic acids is 1. The monoisotopic (exact) mass is 262 g/mol. The van der Waals surface area contributed by atoms with Crippen LogP contribution < -0.4 is 5.11 Å². The average Bonchev–Trinajstić information content (AvgIpc) is 1.46.